The molecule has 1 aromatic rings. The van der Waals surface area contributed by atoms with Crippen molar-refractivity contribution in [1.82, 2.24) is 9.80 Å². The molecule has 1 saturated heterocycles. The third-order valence-electron chi connectivity index (χ3n) is 4.86. The van der Waals surface area contributed by atoms with Crippen LogP contribution < -0.4 is 4.90 Å². The van der Waals surface area contributed by atoms with E-state index in [1.54, 1.807) is 4.90 Å². The number of hydrogen-bond acceptors (Lipinski definition) is 5. The Hall–Kier alpha value is -1.94. The van der Waals surface area contributed by atoms with Gasteiger partial charge in [0.1, 0.15) is 0 Å². The van der Waals surface area contributed by atoms with Crippen molar-refractivity contribution in [3.63, 3.8) is 0 Å². The number of anilines is 1. The number of carbonyl (C=O) groups excluding carboxylic acids is 1. The van der Waals surface area contributed by atoms with Crippen LogP contribution >= 0.6 is 0 Å². The number of β-amino-alcohol motifs (C(OH)–C–C–N with tert-alkyl or cyclic N) is 1. The van der Waals surface area contributed by atoms with Gasteiger partial charge in [-0.25, -0.2) is 0 Å². The number of benzene rings is 1. The van der Waals surface area contributed by atoms with Crippen LogP contribution in [0, 0.1) is 25.2 Å². The summed E-state index contributed by atoms with van der Waals surface area (Å²) in [5.74, 6) is 0.0413. The molecule has 1 fully saturated rings. The lowest BCUT2D eigenvalue weighted by molar-refractivity contribution is -0.120. The third-order valence-corrected chi connectivity index (χ3v) is 4.86. The Morgan fingerprint density at radius 3 is 2.56 bits per heavy atom. The fraction of sp³-hybridized carbons (Fsp3) is 0.579. The van der Waals surface area contributed by atoms with Gasteiger partial charge in [-0.1, -0.05) is 12.1 Å². The average molecular weight is 344 g/mol. The quantitative estimate of drug-likeness (QED) is 0.804. The van der Waals surface area contributed by atoms with E-state index in [-0.39, 0.29) is 12.5 Å². The SMILES string of the molecule is Cc1cccc(N(CCC#N)C(=O)CN2CCN(CCO)CC2)c1C. The lowest BCUT2D eigenvalue weighted by Gasteiger charge is -2.35. The summed E-state index contributed by atoms with van der Waals surface area (Å²) in [7, 11) is 0. The molecule has 0 unspecified atom stereocenters. The molecule has 0 spiro atoms. The third kappa shape index (κ3) is 5.27. The summed E-state index contributed by atoms with van der Waals surface area (Å²) in [6.07, 6.45) is 0.323. The van der Waals surface area contributed by atoms with E-state index in [0.29, 0.717) is 26.1 Å². The fourth-order valence-electron chi connectivity index (χ4n) is 3.16. The molecule has 2 rings (SSSR count). The number of rotatable bonds is 7. The first-order valence-corrected chi connectivity index (χ1v) is 8.86. The topological polar surface area (TPSA) is 70.8 Å². The highest BCUT2D eigenvalue weighted by molar-refractivity contribution is 5.95. The number of carbonyl (C=O) groups is 1. The Bertz CT molecular complexity index is 618. The molecule has 1 N–H and O–H groups in total. The van der Waals surface area contributed by atoms with Gasteiger partial charge in [0, 0.05) is 45.0 Å². The largest absolute Gasteiger partial charge is 0.395 e. The monoisotopic (exact) mass is 344 g/mol. The molecule has 1 aliphatic heterocycles. The van der Waals surface area contributed by atoms with Gasteiger partial charge < -0.3 is 10.0 Å². The van der Waals surface area contributed by atoms with Crippen molar-refractivity contribution in [1.29, 1.82) is 5.26 Å². The van der Waals surface area contributed by atoms with E-state index in [1.807, 2.05) is 32.0 Å². The number of aliphatic hydroxyl groups is 1. The molecule has 1 amide bonds. The van der Waals surface area contributed by atoms with Crippen molar-refractivity contribution in [2.75, 3.05) is 57.3 Å². The van der Waals surface area contributed by atoms with E-state index in [4.69, 9.17) is 10.4 Å². The smallest absolute Gasteiger partial charge is 0.241 e. The van der Waals surface area contributed by atoms with Gasteiger partial charge in [-0.05, 0) is 31.0 Å². The molecule has 6 nitrogen and oxygen atoms in total. The number of nitriles is 1. The van der Waals surface area contributed by atoms with Crippen LogP contribution in [0.1, 0.15) is 17.5 Å². The number of nitrogens with zero attached hydrogens (tertiary/aromatic N) is 4. The van der Waals surface area contributed by atoms with E-state index < -0.39 is 0 Å². The molecule has 136 valence electrons. The van der Waals surface area contributed by atoms with Gasteiger partial charge in [-0.15, -0.1) is 0 Å². The normalized spacial score (nSPS) is 15.8. The van der Waals surface area contributed by atoms with Crippen LogP contribution in [-0.2, 0) is 4.79 Å². The van der Waals surface area contributed by atoms with E-state index in [2.05, 4.69) is 15.9 Å². The minimum absolute atomic E-state index is 0.0413. The summed E-state index contributed by atoms with van der Waals surface area (Å²) >= 11 is 0. The molecule has 0 radical (unpaired) electrons. The van der Waals surface area contributed by atoms with Gasteiger partial charge in [-0.2, -0.15) is 5.26 Å². The molecule has 0 aromatic heterocycles. The van der Waals surface area contributed by atoms with Gasteiger partial charge in [-0.3, -0.25) is 14.6 Å². The molecule has 0 saturated carbocycles. The second-order valence-electron chi connectivity index (χ2n) is 6.51. The van der Waals surface area contributed by atoms with Gasteiger partial charge in [0.15, 0.2) is 0 Å². The zero-order valence-corrected chi connectivity index (χ0v) is 15.2. The van der Waals surface area contributed by atoms with Crippen molar-refractivity contribution in [2.45, 2.75) is 20.3 Å². The molecule has 6 heteroatoms. The summed E-state index contributed by atoms with van der Waals surface area (Å²) in [6.45, 7) is 9.10. The van der Waals surface area contributed by atoms with E-state index in [1.165, 1.54) is 0 Å². The van der Waals surface area contributed by atoms with Gasteiger partial charge >= 0.3 is 0 Å². The Morgan fingerprint density at radius 1 is 1.24 bits per heavy atom. The molecule has 0 bridgehead atoms. The van der Waals surface area contributed by atoms with Gasteiger partial charge in [0.25, 0.3) is 0 Å². The molecule has 1 heterocycles. The summed E-state index contributed by atoms with van der Waals surface area (Å²) in [5, 5.41) is 18.0. The molecular weight excluding hydrogens is 316 g/mol. The zero-order chi connectivity index (χ0) is 18.2. The van der Waals surface area contributed by atoms with Crippen molar-refractivity contribution < 1.29 is 9.90 Å². The average Bonchev–Trinajstić information content (AvgIpc) is 2.60. The number of hydrogen-bond donors (Lipinski definition) is 1. The van der Waals surface area contributed by atoms with Crippen LogP contribution in [0.25, 0.3) is 0 Å². The van der Waals surface area contributed by atoms with E-state index >= 15 is 0 Å². The number of amides is 1. The zero-order valence-electron chi connectivity index (χ0n) is 15.2. The maximum absolute atomic E-state index is 12.9. The molecular formula is C19H28N4O2. The number of aliphatic hydroxyl groups excluding tert-OH is 1. The first-order chi connectivity index (χ1) is 12.1. The predicted octanol–water partition coefficient (Wildman–Crippen LogP) is 1.16. The molecule has 1 aromatic carbocycles. The first kappa shape index (κ1) is 19.4. The Balaban J connectivity index is 2.04. The maximum Gasteiger partial charge on any atom is 0.241 e. The highest BCUT2D eigenvalue weighted by Crippen LogP contribution is 2.23. The molecule has 0 atom stereocenters. The minimum atomic E-state index is 0.0413. The van der Waals surface area contributed by atoms with Crippen molar-refractivity contribution >= 4 is 11.6 Å². The Morgan fingerprint density at radius 2 is 1.92 bits per heavy atom. The van der Waals surface area contributed by atoms with E-state index in [9.17, 15) is 4.79 Å². The highest BCUT2D eigenvalue weighted by Gasteiger charge is 2.23. The van der Waals surface area contributed by atoms with Crippen molar-refractivity contribution in [3.8, 4) is 6.07 Å². The number of piperazine rings is 1. The summed E-state index contributed by atoms with van der Waals surface area (Å²) in [4.78, 5) is 19.0. The van der Waals surface area contributed by atoms with Crippen LogP contribution in [0.4, 0.5) is 5.69 Å². The second-order valence-corrected chi connectivity index (χ2v) is 6.51. The van der Waals surface area contributed by atoms with Crippen molar-refractivity contribution in [3.05, 3.63) is 29.3 Å². The second kappa shape index (κ2) is 9.52. The summed E-state index contributed by atoms with van der Waals surface area (Å²) in [6, 6.07) is 8.09. The lowest BCUT2D eigenvalue weighted by Crippen LogP contribution is -2.50. The van der Waals surface area contributed by atoms with Crippen LogP contribution in [0.5, 0.6) is 0 Å². The fourth-order valence-corrected chi connectivity index (χ4v) is 3.16. The lowest BCUT2D eigenvalue weighted by atomic mass is 10.1. The first-order valence-electron chi connectivity index (χ1n) is 8.86. The highest BCUT2D eigenvalue weighted by atomic mass is 16.3. The molecule has 25 heavy (non-hydrogen) atoms. The number of aryl methyl sites for hydroxylation is 1. The molecule has 0 aliphatic carbocycles. The van der Waals surface area contributed by atoms with E-state index in [0.717, 1.165) is 43.0 Å². The summed E-state index contributed by atoms with van der Waals surface area (Å²) < 4.78 is 0. The van der Waals surface area contributed by atoms with Crippen LogP contribution in [0.3, 0.4) is 0 Å². The van der Waals surface area contributed by atoms with Gasteiger partial charge in [0.05, 0.1) is 25.6 Å². The predicted molar refractivity (Wildman–Crippen MR) is 98.5 cm³/mol. The standard InChI is InChI=1S/C19H28N4O2/c1-16-5-3-6-18(17(16)2)23(8-4-7-20)19(25)15-22-11-9-21(10-12-22)13-14-24/h3,5-6,24H,4,8-15H2,1-2H3. The van der Waals surface area contributed by atoms with Gasteiger partial charge in [0.2, 0.25) is 5.91 Å². The van der Waals surface area contributed by atoms with Crippen LogP contribution in [-0.4, -0.2) is 73.2 Å². The van der Waals surface area contributed by atoms with Crippen LogP contribution in [0.15, 0.2) is 18.2 Å². The summed E-state index contributed by atoms with van der Waals surface area (Å²) in [5.41, 5.74) is 3.13. The Labute approximate surface area is 150 Å². The van der Waals surface area contributed by atoms with Crippen molar-refractivity contribution in [2.24, 2.45) is 0 Å². The van der Waals surface area contributed by atoms with Crippen LogP contribution in [0.2, 0.25) is 0 Å². The maximum atomic E-state index is 12.9. The molecule has 1 aliphatic rings. The Kier molecular flexibility index (Phi) is 7.38. The minimum Gasteiger partial charge on any atom is -0.395 e.